The summed E-state index contributed by atoms with van der Waals surface area (Å²) in [6, 6.07) is 0. The molecule has 0 saturated carbocycles. The molecule has 10 heteroatoms. The predicted octanol–water partition coefficient (Wildman–Crippen LogP) is 1.73. The van der Waals surface area contributed by atoms with Gasteiger partial charge in [-0.15, -0.1) is 11.3 Å². The van der Waals surface area contributed by atoms with Crippen molar-refractivity contribution >= 4 is 45.3 Å². The number of piperazine rings is 1. The van der Waals surface area contributed by atoms with Crippen molar-refractivity contribution in [1.29, 1.82) is 0 Å². The zero-order valence-electron chi connectivity index (χ0n) is 16.2. The number of carbonyl (C=O) groups is 2. The standard InChI is InChI=1S/C14H21N5S.C4H4O4/c1-4-10-9(2)20-13-11(10)12(15-3)17-14(18-13)19-7-5-16-6-8-19;5-3(6)1-2-4(7)8/h16H,4-8H2,1-3H3,(H,15,17,18);1-2H,(H,5,6)(H,7,8). The normalized spacial score (nSPS) is 14.0. The van der Waals surface area contributed by atoms with E-state index in [0.29, 0.717) is 12.2 Å². The van der Waals surface area contributed by atoms with Crippen LogP contribution in [0.2, 0.25) is 0 Å². The molecule has 0 bridgehead atoms. The second-order valence-corrected chi connectivity index (χ2v) is 7.24. The number of aliphatic carboxylic acids is 2. The Kier molecular flexibility index (Phi) is 7.70. The fourth-order valence-corrected chi connectivity index (χ4v) is 4.02. The first-order valence-corrected chi connectivity index (χ1v) is 9.76. The molecular formula is C18H25N5O4S. The average Bonchev–Trinajstić information content (AvgIpc) is 3.01. The van der Waals surface area contributed by atoms with Crippen LogP contribution in [-0.2, 0) is 16.0 Å². The van der Waals surface area contributed by atoms with E-state index in [0.717, 1.165) is 49.2 Å². The molecule has 152 valence electrons. The number of anilines is 2. The lowest BCUT2D eigenvalue weighted by Gasteiger charge is -2.27. The number of carboxylic acid groups (broad SMARTS) is 2. The molecule has 28 heavy (non-hydrogen) atoms. The van der Waals surface area contributed by atoms with Crippen molar-refractivity contribution in [3.05, 3.63) is 22.6 Å². The summed E-state index contributed by atoms with van der Waals surface area (Å²) in [6.07, 6.45) is 2.14. The zero-order valence-corrected chi connectivity index (χ0v) is 17.0. The fraction of sp³-hybridized carbons (Fsp3) is 0.444. The summed E-state index contributed by atoms with van der Waals surface area (Å²) in [4.78, 5) is 33.4. The first kappa shape index (κ1) is 21.6. The summed E-state index contributed by atoms with van der Waals surface area (Å²) < 4.78 is 0. The van der Waals surface area contributed by atoms with Gasteiger partial charge in [-0.3, -0.25) is 0 Å². The molecule has 2 aromatic heterocycles. The maximum Gasteiger partial charge on any atom is 0.328 e. The quantitative estimate of drug-likeness (QED) is 0.548. The lowest BCUT2D eigenvalue weighted by Crippen LogP contribution is -2.44. The highest BCUT2D eigenvalue weighted by Gasteiger charge is 2.19. The van der Waals surface area contributed by atoms with Gasteiger partial charge in [-0.25, -0.2) is 14.6 Å². The van der Waals surface area contributed by atoms with Crippen LogP contribution in [0, 0.1) is 6.92 Å². The SMILES string of the molecule is CCc1c(C)sc2nc(N3CCNCC3)nc(NC)c12.O=C(O)C=CC(=O)O. The van der Waals surface area contributed by atoms with Crippen LogP contribution in [0.4, 0.5) is 11.8 Å². The van der Waals surface area contributed by atoms with Gasteiger partial charge in [0.1, 0.15) is 10.6 Å². The summed E-state index contributed by atoms with van der Waals surface area (Å²) in [5.41, 5.74) is 1.38. The number of carboxylic acids is 2. The molecule has 0 aliphatic carbocycles. The van der Waals surface area contributed by atoms with E-state index in [4.69, 9.17) is 20.2 Å². The van der Waals surface area contributed by atoms with Gasteiger partial charge in [0.15, 0.2) is 0 Å². The Balaban J connectivity index is 0.000000300. The Hall–Kier alpha value is -2.72. The molecule has 4 N–H and O–H groups in total. The Morgan fingerprint density at radius 3 is 2.32 bits per heavy atom. The third kappa shape index (κ3) is 5.40. The van der Waals surface area contributed by atoms with Crippen molar-refractivity contribution in [1.82, 2.24) is 15.3 Å². The van der Waals surface area contributed by atoms with Gasteiger partial charge in [-0.05, 0) is 18.9 Å². The van der Waals surface area contributed by atoms with E-state index in [1.54, 1.807) is 11.3 Å². The summed E-state index contributed by atoms with van der Waals surface area (Å²) in [7, 11) is 1.94. The number of rotatable bonds is 5. The number of fused-ring (bicyclic) bond motifs is 1. The van der Waals surface area contributed by atoms with E-state index in [1.807, 2.05) is 7.05 Å². The molecular weight excluding hydrogens is 382 g/mol. The van der Waals surface area contributed by atoms with E-state index in [2.05, 4.69) is 29.4 Å². The smallest absolute Gasteiger partial charge is 0.328 e. The number of hydrogen-bond acceptors (Lipinski definition) is 8. The Morgan fingerprint density at radius 1 is 1.21 bits per heavy atom. The van der Waals surface area contributed by atoms with Gasteiger partial charge < -0.3 is 25.7 Å². The van der Waals surface area contributed by atoms with Gasteiger partial charge in [0.25, 0.3) is 0 Å². The number of thiophene rings is 1. The van der Waals surface area contributed by atoms with E-state index >= 15 is 0 Å². The Morgan fingerprint density at radius 2 is 1.82 bits per heavy atom. The molecule has 0 amide bonds. The second kappa shape index (κ2) is 10.00. The number of aromatic nitrogens is 2. The maximum atomic E-state index is 9.55. The Labute approximate surface area is 167 Å². The van der Waals surface area contributed by atoms with Crippen LogP contribution in [0.25, 0.3) is 10.2 Å². The highest BCUT2D eigenvalue weighted by molar-refractivity contribution is 7.18. The molecule has 0 radical (unpaired) electrons. The highest BCUT2D eigenvalue weighted by atomic mass is 32.1. The lowest BCUT2D eigenvalue weighted by molar-refractivity contribution is -0.134. The van der Waals surface area contributed by atoms with E-state index in [9.17, 15) is 9.59 Å². The molecule has 0 atom stereocenters. The minimum Gasteiger partial charge on any atom is -0.478 e. The average molecular weight is 407 g/mol. The van der Waals surface area contributed by atoms with E-state index in [1.165, 1.54) is 15.8 Å². The predicted molar refractivity (Wildman–Crippen MR) is 111 cm³/mol. The topological polar surface area (TPSA) is 128 Å². The molecule has 0 aromatic carbocycles. The minimum atomic E-state index is -1.26. The molecule has 9 nitrogen and oxygen atoms in total. The summed E-state index contributed by atoms with van der Waals surface area (Å²) in [5.74, 6) is -0.697. The third-order valence-corrected chi connectivity index (χ3v) is 5.24. The molecule has 3 rings (SSSR count). The molecule has 2 aromatic rings. The largest absolute Gasteiger partial charge is 0.478 e. The molecule has 1 aliphatic heterocycles. The van der Waals surface area contributed by atoms with Gasteiger partial charge in [0.2, 0.25) is 5.95 Å². The van der Waals surface area contributed by atoms with Crippen LogP contribution in [0.5, 0.6) is 0 Å². The lowest BCUT2D eigenvalue weighted by atomic mass is 10.1. The van der Waals surface area contributed by atoms with Crippen LogP contribution in [0.3, 0.4) is 0 Å². The zero-order chi connectivity index (χ0) is 20.7. The van der Waals surface area contributed by atoms with Gasteiger partial charge in [0.05, 0.1) is 5.39 Å². The van der Waals surface area contributed by atoms with Gasteiger partial charge in [-0.1, -0.05) is 6.92 Å². The summed E-state index contributed by atoms with van der Waals surface area (Å²) >= 11 is 1.78. The van der Waals surface area contributed by atoms with Crippen LogP contribution < -0.4 is 15.5 Å². The molecule has 1 fully saturated rings. The minimum absolute atomic E-state index is 0.558. The number of nitrogens with zero attached hydrogens (tertiary/aromatic N) is 3. The van der Waals surface area contributed by atoms with Crippen molar-refractivity contribution in [2.45, 2.75) is 20.3 Å². The van der Waals surface area contributed by atoms with Crippen molar-refractivity contribution in [2.24, 2.45) is 0 Å². The number of nitrogens with one attached hydrogen (secondary N) is 2. The fourth-order valence-electron chi connectivity index (χ4n) is 2.91. The van der Waals surface area contributed by atoms with Gasteiger partial charge >= 0.3 is 11.9 Å². The van der Waals surface area contributed by atoms with Crippen molar-refractivity contribution in [2.75, 3.05) is 43.4 Å². The number of aryl methyl sites for hydroxylation is 2. The molecule has 1 aliphatic rings. The van der Waals surface area contributed by atoms with Crippen LogP contribution in [0.1, 0.15) is 17.4 Å². The van der Waals surface area contributed by atoms with Gasteiger partial charge in [-0.2, -0.15) is 4.98 Å². The molecule has 0 unspecified atom stereocenters. The van der Waals surface area contributed by atoms with Crippen LogP contribution in [-0.4, -0.2) is 65.3 Å². The third-order valence-electron chi connectivity index (χ3n) is 4.20. The van der Waals surface area contributed by atoms with Crippen LogP contribution in [0.15, 0.2) is 12.2 Å². The Bertz CT molecular complexity index is 858. The monoisotopic (exact) mass is 407 g/mol. The van der Waals surface area contributed by atoms with E-state index < -0.39 is 11.9 Å². The second-order valence-electron chi connectivity index (χ2n) is 6.04. The summed E-state index contributed by atoms with van der Waals surface area (Å²) in [5, 5.41) is 23.4. The molecule has 1 saturated heterocycles. The van der Waals surface area contributed by atoms with Crippen LogP contribution >= 0.6 is 11.3 Å². The summed E-state index contributed by atoms with van der Waals surface area (Å²) in [6.45, 7) is 8.31. The van der Waals surface area contributed by atoms with E-state index in [-0.39, 0.29) is 0 Å². The van der Waals surface area contributed by atoms with Crippen molar-refractivity contribution < 1.29 is 19.8 Å². The maximum absolute atomic E-state index is 9.55. The number of hydrogen-bond donors (Lipinski definition) is 4. The van der Waals surface area contributed by atoms with Gasteiger partial charge in [0, 0.05) is 50.3 Å². The first-order valence-electron chi connectivity index (χ1n) is 8.94. The highest BCUT2D eigenvalue weighted by Crippen LogP contribution is 2.35. The molecule has 0 spiro atoms. The first-order chi connectivity index (χ1) is 13.4. The van der Waals surface area contributed by atoms with Crippen molar-refractivity contribution in [3.8, 4) is 0 Å². The molecule has 3 heterocycles. The van der Waals surface area contributed by atoms with Crippen molar-refractivity contribution in [3.63, 3.8) is 0 Å².